The zero-order valence-corrected chi connectivity index (χ0v) is 13.0. The summed E-state index contributed by atoms with van der Waals surface area (Å²) in [4.78, 5) is 25.7. The van der Waals surface area contributed by atoms with Crippen LogP contribution in [0.1, 0.15) is 31.1 Å². The molecule has 0 aliphatic rings. The van der Waals surface area contributed by atoms with Gasteiger partial charge in [0.05, 0.1) is 12.6 Å². The van der Waals surface area contributed by atoms with Crippen LogP contribution in [0.4, 0.5) is 4.39 Å². The van der Waals surface area contributed by atoms with E-state index in [0.717, 1.165) is 0 Å². The highest BCUT2D eigenvalue weighted by Crippen LogP contribution is 2.09. The summed E-state index contributed by atoms with van der Waals surface area (Å²) in [7, 11) is 1.72. The van der Waals surface area contributed by atoms with Gasteiger partial charge in [-0.15, -0.1) is 0 Å². The lowest BCUT2D eigenvalue weighted by atomic mass is 10.0. The quantitative estimate of drug-likeness (QED) is 0.784. The fourth-order valence-corrected chi connectivity index (χ4v) is 1.79. The van der Waals surface area contributed by atoms with Crippen molar-refractivity contribution in [2.45, 2.75) is 26.8 Å². The molecule has 0 bridgehead atoms. The fraction of sp³-hybridized carbons (Fsp3) is 0.500. The van der Waals surface area contributed by atoms with Crippen LogP contribution in [0.2, 0.25) is 0 Å². The van der Waals surface area contributed by atoms with Gasteiger partial charge < -0.3 is 5.32 Å². The number of Topliss-reactive ketones (excluding diaryl/α,β-unsaturated/α-hetero) is 1. The number of carbonyl (C=O) groups is 2. The largest absolute Gasteiger partial charge is 0.355 e. The molecule has 0 aromatic heterocycles. The molecule has 0 spiro atoms. The number of carbonyl (C=O) groups excluding carboxylic acids is 2. The van der Waals surface area contributed by atoms with Crippen molar-refractivity contribution in [3.63, 3.8) is 0 Å². The average Bonchev–Trinajstić information content (AvgIpc) is 2.44. The van der Waals surface area contributed by atoms with E-state index in [-0.39, 0.29) is 24.1 Å². The van der Waals surface area contributed by atoms with Crippen molar-refractivity contribution in [3.05, 3.63) is 35.6 Å². The Hall–Kier alpha value is -1.75. The highest BCUT2D eigenvalue weighted by Gasteiger charge is 2.21. The topological polar surface area (TPSA) is 49.4 Å². The van der Waals surface area contributed by atoms with Crippen LogP contribution >= 0.6 is 0 Å². The Balaban J connectivity index is 2.57. The number of hydrogen-bond acceptors (Lipinski definition) is 3. The predicted octanol–water partition coefficient (Wildman–Crippen LogP) is 2.10. The van der Waals surface area contributed by atoms with Gasteiger partial charge in [0, 0.05) is 12.1 Å². The molecule has 1 amide bonds. The van der Waals surface area contributed by atoms with Crippen LogP contribution in [0, 0.1) is 11.7 Å². The van der Waals surface area contributed by atoms with Crippen LogP contribution < -0.4 is 5.32 Å². The van der Waals surface area contributed by atoms with Gasteiger partial charge in [0.25, 0.3) is 0 Å². The Kier molecular flexibility index (Phi) is 6.49. The lowest BCUT2D eigenvalue weighted by molar-refractivity contribution is -0.122. The molecular formula is C16H23FN2O2. The molecule has 5 heteroatoms. The predicted molar refractivity (Wildman–Crippen MR) is 80.7 cm³/mol. The third-order valence-corrected chi connectivity index (χ3v) is 3.27. The third-order valence-electron chi connectivity index (χ3n) is 3.27. The van der Waals surface area contributed by atoms with E-state index in [1.165, 1.54) is 24.3 Å². The molecule has 116 valence electrons. The Morgan fingerprint density at radius 2 is 1.76 bits per heavy atom. The summed E-state index contributed by atoms with van der Waals surface area (Å²) < 4.78 is 12.9. The summed E-state index contributed by atoms with van der Waals surface area (Å²) in [6.07, 6.45) is 0. The minimum absolute atomic E-state index is 0.107. The maximum atomic E-state index is 12.9. The summed E-state index contributed by atoms with van der Waals surface area (Å²) >= 11 is 0. The Bertz CT molecular complexity index is 486. The number of amides is 1. The average molecular weight is 294 g/mol. The van der Waals surface area contributed by atoms with Gasteiger partial charge in [-0.25, -0.2) is 4.39 Å². The Morgan fingerprint density at radius 3 is 2.29 bits per heavy atom. The van der Waals surface area contributed by atoms with E-state index in [0.29, 0.717) is 18.0 Å². The molecule has 0 radical (unpaired) electrons. The Labute approximate surface area is 125 Å². The zero-order chi connectivity index (χ0) is 16.0. The number of nitrogens with zero attached hydrogens (tertiary/aromatic N) is 1. The van der Waals surface area contributed by atoms with Gasteiger partial charge in [-0.05, 0) is 44.2 Å². The monoisotopic (exact) mass is 294 g/mol. The molecule has 1 unspecified atom stereocenters. The van der Waals surface area contributed by atoms with Gasteiger partial charge >= 0.3 is 0 Å². The summed E-state index contributed by atoms with van der Waals surface area (Å²) in [5.41, 5.74) is 0.443. The molecule has 1 aromatic carbocycles. The van der Waals surface area contributed by atoms with E-state index in [1.807, 2.05) is 13.8 Å². The summed E-state index contributed by atoms with van der Waals surface area (Å²) in [5, 5.41) is 2.81. The van der Waals surface area contributed by atoms with Crippen LogP contribution in [-0.4, -0.2) is 42.8 Å². The van der Waals surface area contributed by atoms with Crippen molar-refractivity contribution in [1.29, 1.82) is 0 Å². The van der Waals surface area contributed by atoms with Crippen molar-refractivity contribution in [1.82, 2.24) is 10.2 Å². The van der Waals surface area contributed by atoms with Gasteiger partial charge in [-0.1, -0.05) is 13.8 Å². The first-order chi connectivity index (χ1) is 9.81. The summed E-state index contributed by atoms with van der Waals surface area (Å²) in [6.45, 7) is 6.55. The lowest BCUT2D eigenvalue weighted by Gasteiger charge is -2.23. The number of halogens is 1. The van der Waals surface area contributed by atoms with E-state index in [1.54, 1.807) is 18.9 Å². The second-order valence-electron chi connectivity index (χ2n) is 5.66. The highest BCUT2D eigenvalue weighted by atomic mass is 19.1. The molecule has 1 N–H and O–H groups in total. The molecule has 0 fully saturated rings. The first-order valence-electron chi connectivity index (χ1n) is 7.08. The van der Waals surface area contributed by atoms with Gasteiger partial charge in [-0.2, -0.15) is 0 Å². The van der Waals surface area contributed by atoms with Crippen LogP contribution in [0.5, 0.6) is 0 Å². The van der Waals surface area contributed by atoms with Crippen molar-refractivity contribution in [3.8, 4) is 0 Å². The number of nitrogens with one attached hydrogen (secondary N) is 1. The molecule has 1 rings (SSSR count). The zero-order valence-electron chi connectivity index (χ0n) is 13.0. The number of benzene rings is 1. The number of ketones is 1. The smallest absolute Gasteiger partial charge is 0.234 e. The summed E-state index contributed by atoms with van der Waals surface area (Å²) in [5.74, 6) is -0.225. The molecule has 0 heterocycles. The molecule has 0 aliphatic heterocycles. The van der Waals surface area contributed by atoms with E-state index >= 15 is 0 Å². The van der Waals surface area contributed by atoms with E-state index < -0.39 is 6.04 Å². The highest BCUT2D eigenvalue weighted by molar-refractivity contribution is 6.00. The first kappa shape index (κ1) is 17.3. The SMILES string of the molecule is CC(C)CNC(=O)CN(C)C(C)C(=O)c1ccc(F)cc1. The fourth-order valence-electron chi connectivity index (χ4n) is 1.79. The number of rotatable bonds is 7. The summed E-state index contributed by atoms with van der Waals surface area (Å²) in [6, 6.07) is 4.99. The maximum Gasteiger partial charge on any atom is 0.234 e. The molecule has 0 saturated carbocycles. The molecule has 21 heavy (non-hydrogen) atoms. The van der Waals surface area contributed by atoms with E-state index in [9.17, 15) is 14.0 Å². The second kappa shape index (κ2) is 7.88. The van der Waals surface area contributed by atoms with Crippen LogP contribution in [0.3, 0.4) is 0 Å². The number of hydrogen-bond donors (Lipinski definition) is 1. The first-order valence-corrected chi connectivity index (χ1v) is 7.08. The standard InChI is InChI=1S/C16H23FN2O2/c1-11(2)9-18-15(20)10-19(4)12(3)16(21)13-5-7-14(17)8-6-13/h5-8,11-12H,9-10H2,1-4H3,(H,18,20). The van der Waals surface area contributed by atoms with Crippen molar-refractivity contribution in [2.24, 2.45) is 5.92 Å². The van der Waals surface area contributed by atoms with E-state index in [4.69, 9.17) is 0 Å². The molecule has 0 aliphatic carbocycles. The van der Waals surface area contributed by atoms with Crippen LogP contribution in [-0.2, 0) is 4.79 Å². The normalized spacial score (nSPS) is 12.5. The van der Waals surface area contributed by atoms with Gasteiger partial charge in [0.2, 0.25) is 5.91 Å². The van der Waals surface area contributed by atoms with Crippen molar-refractivity contribution < 1.29 is 14.0 Å². The molecule has 1 atom stereocenters. The lowest BCUT2D eigenvalue weighted by Crippen LogP contribution is -2.43. The van der Waals surface area contributed by atoms with Crippen LogP contribution in [0.15, 0.2) is 24.3 Å². The molecule has 4 nitrogen and oxygen atoms in total. The molecule has 0 saturated heterocycles. The second-order valence-corrected chi connectivity index (χ2v) is 5.66. The minimum atomic E-state index is -0.444. The number of likely N-dealkylation sites (N-methyl/N-ethyl adjacent to an activating group) is 1. The minimum Gasteiger partial charge on any atom is -0.355 e. The molecule has 1 aromatic rings. The van der Waals surface area contributed by atoms with Crippen LogP contribution in [0.25, 0.3) is 0 Å². The van der Waals surface area contributed by atoms with Gasteiger partial charge in [0.1, 0.15) is 5.82 Å². The van der Waals surface area contributed by atoms with Gasteiger partial charge in [0.15, 0.2) is 5.78 Å². The maximum absolute atomic E-state index is 12.9. The van der Waals surface area contributed by atoms with Gasteiger partial charge in [-0.3, -0.25) is 14.5 Å². The van der Waals surface area contributed by atoms with E-state index in [2.05, 4.69) is 5.32 Å². The van der Waals surface area contributed by atoms with Crippen molar-refractivity contribution >= 4 is 11.7 Å². The van der Waals surface area contributed by atoms with Crippen molar-refractivity contribution in [2.75, 3.05) is 20.1 Å². The molecular weight excluding hydrogens is 271 g/mol. The Morgan fingerprint density at radius 1 is 1.19 bits per heavy atom. The third kappa shape index (κ3) is 5.63.